The lowest BCUT2D eigenvalue weighted by atomic mass is 9.99. The van der Waals surface area contributed by atoms with E-state index in [4.69, 9.17) is 5.11 Å². The van der Waals surface area contributed by atoms with E-state index in [1.54, 1.807) is 18.2 Å². The van der Waals surface area contributed by atoms with Gasteiger partial charge in [-0.05, 0) is 36.1 Å². The molecule has 0 atom stereocenters. The van der Waals surface area contributed by atoms with Gasteiger partial charge in [0.05, 0.1) is 0 Å². The number of aliphatic carboxylic acids is 1. The molecule has 0 aromatic heterocycles. The van der Waals surface area contributed by atoms with Gasteiger partial charge in [0.25, 0.3) is 5.91 Å². The lowest BCUT2D eigenvalue weighted by molar-refractivity contribution is -0.137. The third-order valence-electron chi connectivity index (χ3n) is 3.45. The number of carboxylic acid groups (broad SMARTS) is 1. The minimum absolute atomic E-state index is 0.0288. The summed E-state index contributed by atoms with van der Waals surface area (Å²) in [5.41, 5.74) is 2.09. The van der Waals surface area contributed by atoms with Crippen LogP contribution in [0.1, 0.15) is 36.2 Å². The van der Waals surface area contributed by atoms with Crippen molar-refractivity contribution in [2.45, 2.75) is 26.7 Å². The van der Waals surface area contributed by atoms with Gasteiger partial charge in [0, 0.05) is 24.2 Å². The molecule has 2 amide bonds. The summed E-state index contributed by atoms with van der Waals surface area (Å²) in [5.74, 6) is -1.17. The van der Waals surface area contributed by atoms with Crippen LogP contribution >= 0.6 is 0 Å². The van der Waals surface area contributed by atoms with Gasteiger partial charge < -0.3 is 15.3 Å². The Morgan fingerprint density at radius 1 is 1.32 bits per heavy atom. The van der Waals surface area contributed by atoms with Crippen LogP contribution in [-0.2, 0) is 16.0 Å². The zero-order chi connectivity index (χ0) is 16.3. The molecule has 1 heterocycles. The van der Waals surface area contributed by atoms with Crippen LogP contribution in [0.25, 0.3) is 0 Å². The van der Waals surface area contributed by atoms with E-state index in [0.29, 0.717) is 24.9 Å². The summed E-state index contributed by atoms with van der Waals surface area (Å²) in [5, 5.41) is 11.7. The SMILES string of the molecule is CC(C)CN(CC(=O)O)C(=O)c1ccc2c(c1)CCC(=O)N2. The first-order valence-corrected chi connectivity index (χ1v) is 7.30. The van der Waals surface area contributed by atoms with Crippen LogP contribution in [-0.4, -0.2) is 40.9 Å². The number of anilines is 1. The van der Waals surface area contributed by atoms with E-state index < -0.39 is 5.97 Å². The van der Waals surface area contributed by atoms with Crippen molar-refractivity contribution < 1.29 is 19.5 Å². The number of benzene rings is 1. The van der Waals surface area contributed by atoms with Gasteiger partial charge in [-0.3, -0.25) is 14.4 Å². The lowest BCUT2D eigenvalue weighted by Crippen LogP contribution is -2.38. The second kappa shape index (κ2) is 6.60. The van der Waals surface area contributed by atoms with E-state index in [9.17, 15) is 14.4 Å². The largest absolute Gasteiger partial charge is 0.480 e. The van der Waals surface area contributed by atoms with Gasteiger partial charge in [0.1, 0.15) is 6.54 Å². The third kappa shape index (κ3) is 3.84. The number of nitrogens with one attached hydrogen (secondary N) is 1. The number of fused-ring (bicyclic) bond motifs is 1. The molecular formula is C16H20N2O4. The molecule has 1 aliphatic rings. The van der Waals surface area contributed by atoms with Crippen LogP contribution in [0.4, 0.5) is 5.69 Å². The van der Waals surface area contributed by atoms with Gasteiger partial charge in [-0.15, -0.1) is 0 Å². The topological polar surface area (TPSA) is 86.7 Å². The average Bonchev–Trinajstić information content (AvgIpc) is 2.44. The molecular weight excluding hydrogens is 284 g/mol. The van der Waals surface area contributed by atoms with Crippen LogP contribution in [0, 0.1) is 5.92 Å². The number of carbonyl (C=O) groups is 3. The number of amides is 2. The van der Waals surface area contributed by atoms with E-state index in [0.717, 1.165) is 11.3 Å². The van der Waals surface area contributed by atoms with Gasteiger partial charge in [0.15, 0.2) is 0 Å². The fraction of sp³-hybridized carbons (Fsp3) is 0.438. The summed E-state index contributed by atoms with van der Waals surface area (Å²) in [6, 6.07) is 5.07. The second-order valence-corrected chi connectivity index (χ2v) is 5.89. The minimum Gasteiger partial charge on any atom is -0.480 e. The average molecular weight is 304 g/mol. The molecule has 0 spiro atoms. The fourth-order valence-corrected chi connectivity index (χ4v) is 2.52. The molecule has 22 heavy (non-hydrogen) atoms. The molecule has 0 radical (unpaired) electrons. The monoisotopic (exact) mass is 304 g/mol. The van der Waals surface area contributed by atoms with Crippen molar-refractivity contribution in [2.75, 3.05) is 18.4 Å². The highest BCUT2D eigenvalue weighted by atomic mass is 16.4. The molecule has 1 aromatic rings. The molecule has 6 nitrogen and oxygen atoms in total. The molecule has 0 fully saturated rings. The fourth-order valence-electron chi connectivity index (χ4n) is 2.52. The molecule has 2 rings (SSSR count). The second-order valence-electron chi connectivity index (χ2n) is 5.89. The molecule has 1 aromatic carbocycles. The van der Waals surface area contributed by atoms with Crippen LogP contribution in [0.15, 0.2) is 18.2 Å². The van der Waals surface area contributed by atoms with Gasteiger partial charge >= 0.3 is 5.97 Å². The highest BCUT2D eigenvalue weighted by Crippen LogP contribution is 2.24. The summed E-state index contributed by atoms with van der Waals surface area (Å²) in [4.78, 5) is 36.2. The van der Waals surface area contributed by atoms with Crippen molar-refractivity contribution in [3.8, 4) is 0 Å². The van der Waals surface area contributed by atoms with Crippen molar-refractivity contribution in [3.63, 3.8) is 0 Å². The van der Waals surface area contributed by atoms with Crippen LogP contribution < -0.4 is 5.32 Å². The summed E-state index contributed by atoms with van der Waals surface area (Å²) in [7, 11) is 0. The summed E-state index contributed by atoms with van der Waals surface area (Å²) in [6.07, 6.45) is 0.987. The normalized spacial score (nSPS) is 13.5. The Morgan fingerprint density at radius 2 is 2.05 bits per heavy atom. The van der Waals surface area contributed by atoms with E-state index >= 15 is 0 Å². The standard InChI is InChI=1S/C16H20N2O4/c1-10(2)8-18(9-15(20)21)16(22)12-3-5-13-11(7-12)4-6-14(19)17-13/h3,5,7,10H,4,6,8-9H2,1-2H3,(H,17,19)(H,20,21). The highest BCUT2D eigenvalue weighted by molar-refractivity contribution is 5.98. The minimum atomic E-state index is -1.03. The van der Waals surface area contributed by atoms with Crippen molar-refractivity contribution in [2.24, 2.45) is 5.92 Å². The predicted molar refractivity (Wildman–Crippen MR) is 81.8 cm³/mol. The number of hydrogen-bond donors (Lipinski definition) is 2. The molecule has 0 aliphatic carbocycles. The van der Waals surface area contributed by atoms with Crippen molar-refractivity contribution >= 4 is 23.5 Å². The molecule has 6 heteroatoms. The molecule has 2 N–H and O–H groups in total. The molecule has 0 saturated carbocycles. The van der Waals surface area contributed by atoms with Crippen LogP contribution in [0.5, 0.6) is 0 Å². The summed E-state index contributed by atoms with van der Waals surface area (Å²) in [6.45, 7) is 3.94. The maximum Gasteiger partial charge on any atom is 0.323 e. The maximum atomic E-state index is 12.5. The number of aryl methyl sites for hydroxylation is 1. The van der Waals surface area contributed by atoms with Gasteiger partial charge in [-0.2, -0.15) is 0 Å². The van der Waals surface area contributed by atoms with Crippen LogP contribution in [0.3, 0.4) is 0 Å². The Labute approximate surface area is 129 Å². The number of rotatable bonds is 5. The highest BCUT2D eigenvalue weighted by Gasteiger charge is 2.22. The zero-order valence-electron chi connectivity index (χ0n) is 12.8. The van der Waals surface area contributed by atoms with E-state index in [-0.39, 0.29) is 24.3 Å². The Bertz CT molecular complexity index is 610. The molecule has 1 aliphatic heterocycles. The first-order valence-electron chi connectivity index (χ1n) is 7.30. The predicted octanol–water partition coefficient (Wildman–Crippen LogP) is 1.75. The Kier molecular flexibility index (Phi) is 4.80. The third-order valence-corrected chi connectivity index (χ3v) is 3.45. The first kappa shape index (κ1) is 16.0. The summed E-state index contributed by atoms with van der Waals surface area (Å²) >= 11 is 0. The number of carboxylic acids is 1. The molecule has 0 saturated heterocycles. The van der Waals surface area contributed by atoms with Crippen molar-refractivity contribution in [1.29, 1.82) is 0 Å². The Hall–Kier alpha value is -2.37. The molecule has 0 unspecified atom stereocenters. The van der Waals surface area contributed by atoms with Crippen molar-refractivity contribution in [1.82, 2.24) is 4.90 Å². The van der Waals surface area contributed by atoms with Gasteiger partial charge in [0.2, 0.25) is 5.91 Å². The van der Waals surface area contributed by atoms with E-state index in [1.807, 2.05) is 13.8 Å². The summed E-state index contributed by atoms with van der Waals surface area (Å²) < 4.78 is 0. The van der Waals surface area contributed by atoms with Gasteiger partial charge in [-0.25, -0.2) is 0 Å². The Balaban J connectivity index is 2.23. The molecule has 118 valence electrons. The maximum absolute atomic E-state index is 12.5. The van der Waals surface area contributed by atoms with Gasteiger partial charge in [-0.1, -0.05) is 13.8 Å². The lowest BCUT2D eigenvalue weighted by Gasteiger charge is -2.24. The zero-order valence-corrected chi connectivity index (χ0v) is 12.8. The smallest absolute Gasteiger partial charge is 0.323 e. The number of carbonyl (C=O) groups excluding carboxylic acids is 2. The quantitative estimate of drug-likeness (QED) is 0.867. The Morgan fingerprint density at radius 3 is 2.68 bits per heavy atom. The van der Waals surface area contributed by atoms with Crippen molar-refractivity contribution in [3.05, 3.63) is 29.3 Å². The number of nitrogens with zero attached hydrogens (tertiary/aromatic N) is 1. The van der Waals surface area contributed by atoms with E-state index in [1.165, 1.54) is 4.90 Å². The molecule has 0 bridgehead atoms. The van der Waals surface area contributed by atoms with E-state index in [2.05, 4.69) is 5.32 Å². The number of hydrogen-bond acceptors (Lipinski definition) is 3. The first-order chi connectivity index (χ1) is 10.4. The van der Waals surface area contributed by atoms with Crippen LogP contribution in [0.2, 0.25) is 0 Å².